The molecule has 0 spiro atoms. The van der Waals surface area contributed by atoms with Gasteiger partial charge in [-0.1, -0.05) is 19.1 Å². The standard InChI is InChI=1S/C14H16FNS/c1-3-16-14(12-7-10(2)17-9-12)11-5-4-6-13(15)8-11/h4-9,14,16H,3H2,1-2H3. The highest BCUT2D eigenvalue weighted by atomic mass is 32.1. The first kappa shape index (κ1) is 12.3. The molecule has 1 nitrogen and oxygen atoms in total. The van der Waals surface area contributed by atoms with Crippen molar-refractivity contribution < 1.29 is 4.39 Å². The van der Waals surface area contributed by atoms with Crippen LogP contribution in [0.2, 0.25) is 0 Å². The molecule has 0 aliphatic carbocycles. The van der Waals surface area contributed by atoms with Gasteiger partial charge in [-0.05, 0) is 48.2 Å². The lowest BCUT2D eigenvalue weighted by Crippen LogP contribution is -2.21. The van der Waals surface area contributed by atoms with E-state index in [1.54, 1.807) is 23.5 Å². The molecule has 1 atom stereocenters. The van der Waals surface area contributed by atoms with Crippen molar-refractivity contribution in [2.24, 2.45) is 0 Å². The fraction of sp³-hybridized carbons (Fsp3) is 0.286. The van der Waals surface area contributed by atoms with E-state index in [1.807, 2.05) is 6.07 Å². The Hall–Kier alpha value is -1.19. The van der Waals surface area contributed by atoms with Gasteiger partial charge in [0.05, 0.1) is 6.04 Å². The van der Waals surface area contributed by atoms with Crippen LogP contribution in [0.5, 0.6) is 0 Å². The molecule has 1 N–H and O–H groups in total. The van der Waals surface area contributed by atoms with Crippen LogP contribution in [0.1, 0.15) is 29.0 Å². The van der Waals surface area contributed by atoms with Crippen molar-refractivity contribution in [1.29, 1.82) is 0 Å². The van der Waals surface area contributed by atoms with Crippen molar-refractivity contribution in [2.45, 2.75) is 19.9 Å². The third-order valence-corrected chi connectivity index (χ3v) is 3.55. The van der Waals surface area contributed by atoms with E-state index in [0.29, 0.717) is 0 Å². The first-order valence-corrected chi connectivity index (χ1v) is 6.62. The summed E-state index contributed by atoms with van der Waals surface area (Å²) >= 11 is 1.72. The van der Waals surface area contributed by atoms with Gasteiger partial charge in [-0.15, -0.1) is 11.3 Å². The van der Waals surface area contributed by atoms with Crippen LogP contribution in [0, 0.1) is 12.7 Å². The van der Waals surface area contributed by atoms with Gasteiger partial charge in [0.25, 0.3) is 0 Å². The predicted octanol–water partition coefficient (Wildman–Crippen LogP) is 3.89. The molecule has 1 aromatic heterocycles. The molecule has 2 rings (SSSR count). The zero-order valence-corrected chi connectivity index (χ0v) is 10.9. The van der Waals surface area contributed by atoms with E-state index in [4.69, 9.17) is 0 Å². The van der Waals surface area contributed by atoms with Crippen molar-refractivity contribution in [3.63, 3.8) is 0 Å². The lowest BCUT2D eigenvalue weighted by atomic mass is 10.0. The molecule has 1 unspecified atom stereocenters. The van der Waals surface area contributed by atoms with E-state index in [0.717, 1.165) is 12.1 Å². The summed E-state index contributed by atoms with van der Waals surface area (Å²) in [4.78, 5) is 1.28. The Balaban J connectivity index is 2.35. The molecule has 1 aromatic carbocycles. The minimum absolute atomic E-state index is 0.0839. The van der Waals surface area contributed by atoms with Crippen molar-refractivity contribution in [1.82, 2.24) is 5.32 Å². The molecule has 0 saturated heterocycles. The summed E-state index contributed by atoms with van der Waals surface area (Å²) in [5.74, 6) is -0.183. The molecule has 1 heterocycles. The molecule has 90 valence electrons. The topological polar surface area (TPSA) is 12.0 Å². The Bertz CT molecular complexity index is 492. The average molecular weight is 249 g/mol. The second-order valence-electron chi connectivity index (χ2n) is 4.04. The van der Waals surface area contributed by atoms with Gasteiger partial charge in [0.2, 0.25) is 0 Å². The third-order valence-electron chi connectivity index (χ3n) is 2.67. The number of hydrogen-bond acceptors (Lipinski definition) is 2. The molecule has 0 fully saturated rings. The molecule has 0 saturated carbocycles. The zero-order valence-electron chi connectivity index (χ0n) is 10.0. The maximum absolute atomic E-state index is 13.3. The third kappa shape index (κ3) is 2.93. The number of thiophene rings is 1. The number of rotatable bonds is 4. The van der Waals surface area contributed by atoms with Crippen LogP contribution in [0.3, 0.4) is 0 Å². The van der Waals surface area contributed by atoms with Crippen molar-refractivity contribution in [3.05, 3.63) is 57.5 Å². The Morgan fingerprint density at radius 3 is 2.71 bits per heavy atom. The van der Waals surface area contributed by atoms with Crippen LogP contribution in [0.4, 0.5) is 4.39 Å². The van der Waals surface area contributed by atoms with Gasteiger partial charge in [0.1, 0.15) is 5.82 Å². The molecule has 0 bridgehead atoms. The van der Waals surface area contributed by atoms with Crippen molar-refractivity contribution in [3.8, 4) is 0 Å². The maximum atomic E-state index is 13.3. The molecule has 0 radical (unpaired) electrons. The SMILES string of the molecule is CCNC(c1cccc(F)c1)c1csc(C)c1. The van der Waals surface area contributed by atoms with Gasteiger partial charge in [0, 0.05) is 4.88 Å². The number of aryl methyl sites for hydroxylation is 1. The number of halogens is 1. The summed E-state index contributed by atoms with van der Waals surface area (Å²) in [7, 11) is 0. The lowest BCUT2D eigenvalue weighted by molar-refractivity contribution is 0.604. The van der Waals surface area contributed by atoms with Crippen LogP contribution in [-0.2, 0) is 0 Å². The molecular weight excluding hydrogens is 233 g/mol. The van der Waals surface area contributed by atoms with Gasteiger partial charge < -0.3 is 5.32 Å². The van der Waals surface area contributed by atoms with Crippen LogP contribution < -0.4 is 5.32 Å². The molecular formula is C14H16FNS. The van der Waals surface area contributed by atoms with E-state index < -0.39 is 0 Å². The predicted molar refractivity (Wildman–Crippen MR) is 71.0 cm³/mol. The zero-order chi connectivity index (χ0) is 12.3. The van der Waals surface area contributed by atoms with Gasteiger partial charge in [-0.25, -0.2) is 4.39 Å². The molecule has 17 heavy (non-hydrogen) atoms. The van der Waals surface area contributed by atoms with E-state index in [-0.39, 0.29) is 11.9 Å². The molecule has 3 heteroatoms. The summed E-state index contributed by atoms with van der Waals surface area (Å²) in [6, 6.07) is 9.03. The maximum Gasteiger partial charge on any atom is 0.123 e. The summed E-state index contributed by atoms with van der Waals surface area (Å²) in [5, 5.41) is 5.53. The molecule has 0 aliphatic rings. The van der Waals surface area contributed by atoms with Crippen LogP contribution in [0.25, 0.3) is 0 Å². The van der Waals surface area contributed by atoms with Crippen LogP contribution in [0.15, 0.2) is 35.7 Å². The van der Waals surface area contributed by atoms with Gasteiger partial charge in [-0.2, -0.15) is 0 Å². The van der Waals surface area contributed by atoms with E-state index >= 15 is 0 Å². The highest BCUT2D eigenvalue weighted by molar-refractivity contribution is 7.10. The Kier molecular flexibility index (Phi) is 3.92. The summed E-state index contributed by atoms with van der Waals surface area (Å²) in [6.07, 6.45) is 0. The minimum Gasteiger partial charge on any atom is -0.307 e. The Morgan fingerprint density at radius 1 is 1.29 bits per heavy atom. The van der Waals surface area contributed by atoms with Gasteiger partial charge in [-0.3, -0.25) is 0 Å². The molecule has 0 aliphatic heterocycles. The van der Waals surface area contributed by atoms with E-state index in [1.165, 1.54) is 16.5 Å². The minimum atomic E-state index is -0.183. The monoisotopic (exact) mass is 249 g/mol. The fourth-order valence-electron chi connectivity index (χ4n) is 1.93. The average Bonchev–Trinajstić information content (AvgIpc) is 2.72. The summed E-state index contributed by atoms with van der Waals surface area (Å²) in [6.45, 7) is 5.00. The lowest BCUT2D eigenvalue weighted by Gasteiger charge is -2.17. The number of nitrogens with one attached hydrogen (secondary N) is 1. The normalized spacial score (nSPS) is 12.6. The van der Waals surface area contributed by atoms with Gasteiger partial charge in [0.15, 0.2) is 0 Å². The Labute approximate surface area is 105 Å². The first-order valence-electron chi connectivity index (χ1n) is 5.74. The summed E-state index contributed by atoms with van der Waals surface area (Å²) < 4.78 is 13.3. The molecule has 0 amide bonds. The fourth-order valence-corrected chi connectivity index (χ4v) is 2.66. The van der Waals surface area contributed by atoms with Crippen molar-refractivity contribution >= 4 is 11.3 Å². The van der Waals surface area contributed by atoms with Crippen LogP contribution >= 0.6 is 11.3 Å². The van der Waals surface area contributed by atoms with E-state index in [9.17, 15) is 4.39 Å². The highest BCUT2D eigenvalue weighted by Gasteiger charge is 2.14. The number of benzene rings is 1. The summed E-state index contributed by atoms with van der Waals surface area (Å²) in [5.41, 5.74) is 2.18. The quantitative estimate of drug-likeness (QED) is 0.866. The first-order chi connectivity index (χ1) is 8.20. The van der Waals surface area contributed by atoms with E-state index in [2.05, 4.69) is 30.6 Å². The Morgan fingerprint density at radius 2 is 2.12 bits per heavy atom. The van der Waals surface area contributed by atoms with Crippen molar-refractivity contribution in [2.75, 3.05) is 6.54 Å². The van der Waals surface area contributed by atoms with Crippen LogP contribution in [-0.4, -0.2) is 6.54 Å². The smallest absolute Gasteiger partial charge is 0.123 e. The van der Waals surface area contributed by atoms with Gasteiger partial charge >= 0.3 is 0 Å². The largest absolute Gasteiger partial charge is 0.307 e. The highest BCUT2D eigenvalue weighted by Crippen LogP contribution is 2.26. The second kappa shape index (κ2) is 5.43. The molecule has 2 aromatic rings. The second-order valence-corrected chi connectivity index (χ2v) is 5.15. The number of hydrogen-bond donors (Lipinski definition) is 1.